The summed E-state index contributed by atoms with van der Waals surface area (Å²) in [6.45, 7) is 1.52. The predicted molar refractivity (Wildman–Crippen MR) is 91.5 cm³/mol. The molecule has 0 atom stereocenters. The molecule has 0 spiro atoms. The predicted octanol–water partition coefficient (Wildman–Crippen LogP) is 3.49. The number of rotatable bonds is 5. The maximum Gasteiger partial charge on any atom is 0.321 e. The van der Waals surface area contributed by atoms with Crippen molar-refractivity contribution in [1.29, 1.82) is 0 Å². The molecule has 1 aromatic heterocycles. The van der Waals surface area contributed by atoms with E-state index in [1.165, 1.54) is 14.0 Å². The largest absolute Gasteiger partial charge is 0.467 e. The van der Waals surface area contributed by atoms with Crippen molar-refractivity contribution in [1.82, 2.24) is 15.0 Å². The highest BCUT2D eigenvalue weighted by Crippen LogP contribution is 2.22. The topological polar surface area (TPSA) is 77.0 Å². The van der Waals surface area contributed by atoms with Gasteiger partial charge in [0, 0.05) is 16.8 Å². The number of methoxy groups -OCH3 is 1. The number of nitrogens with one attached hydrogen (secondary N) is 1. The van der Waals surface area contributed by atoms with E-state index < -0.39 is 0 Å². The third-order valence-electron chi connectivity index (χ3n) is 3.35. The zero-order valence-corrected chi connectivity index (χ0v) is 13.4. The van der Waals surface area contributed by atoms with E-state index >= 15 is 0 Å². The second-order valence-corrected chi connectivity index (χ2v) is 5.10. The molecule has 120 valence electrons. The van der Waals surface area contributed by atoms with Gasteiger partial charge in [0.1, 0.15) is 0 Å². The van der Waals surface area contributed by atoms with E-state index in [0.717, 1.165) is 11.3 Å². The molecule has 0 fully saturated rings. The van der Waals surface area contributed by atoms with E-state index in [-0.39, 0.29) is 11.8 Å². The summed E-state index contributed by atoms with van der Waals surface area (Å²) < 4.78 is 5.16. The number of Topliss-reactive ketones (excluding diaryl/α,β-unsaturated/α-hetero) is 1. The van der Waals surface area contributed by atoms with Crippen LogP contribution in [0.2, 0.25) is 0 Å². The van der Waals surface area contributed by atoms with Crippen molar-refractivity contribution in [3.05, 3.63) is 60.2 Å². The Balaban J connectivity index is 2.00. The minimum absolute atomic E-state index is 0.0134. The molecule has 2 aromatic carbocycles. The number of anilines is 2. The van der Waals surface area contributed by atoms with Gasteiger partial charge in [-0.05, 0) is 25.1 Å². The van der Waals surface area contributed by atoms with Gasteiger partial charge in [-0.25, -0.2) is 0 Å². The van der Waals surface area contributed by atoms with Crippen molar-refractivity contribution in [2.24, 2.45) is 0 Å². The van der Waals surface area contributed by atoms with Gasteiger partial charge in [0.15, 0.2) is 11.6 Å². The number of para-hydroxylation sites is 1. The summed E-state index contributed by atoms with van der Waals surface area (Å²) in [7, 11) is 1.50. The van der Waals surface area contributed by atoms with Crippen LogP contribution in [0.3, 0.4) is 0 Å². The minimum Gasteiger partial charge on any atom is -0.467 e. The van der Waals surface area contributed by atoms with E-state index in [1.54, 1.807) is 18.2 Å². The summed E-state index contributed by atoms with van der Waals surface area (Å²) in [4.78, 5) is 24.5. The lowest BCUT2D eigenvalue weighted by Crippen LogP contribution is -2.04. The van der Waals surface area contributed by atoms with Crippen LogP contribution in [0.15, 0.2) is 54.6 Å². The van der Waals surface area contributed by atoms with Crippen molar-refractivity contribution in [3.8, 4) is 17.4 Å². The number of ketones is 1. The van der Waals surface area contributed by atoms with Crippen LogP contribution in [0, 0.1) is 0 Å². The molecule has 0 aliphatic carbocycles. The third kappa shape index (κ3) is 3.55. The van der Waals surface area contributed by atoms with Crippen LogP contribution in [0.25, 0.3) is 11.4 Å². The number of nitrogens with zero attached hydrogens (tertiary/aromatic N) is 3. The molecule has 0 amide bonds. The molecule has 24 heavy (non-hydrogen) atoms. The highest BCUT2D eigenvalue weighted by molar-refractivity contribution is 5.95. The van der Waals surface area contributed by atoms with Gasteiger partial charge in [0.2, 0.25) is 5.95 Å². The fourth-order valence-corrected chi connectivity index (χ4v) is 2.16. The average Bonchev–Trinajstić information content (AvgIpc) is 2.62. The molecule has 0 aliphatic heterocycles. The molecule has 6 nitrogen and oxygen atoms in total. The van der Waals surface area contributed by atoms with Gasteiger partial charge in [-0.1, -0.05) is 36.4 Å². The first-order valence-electron chi connectivity index (χ1n) is 7.39. The number of carbonyl (C=O) groups excluding carboxylic acids is 1. The lowest BCUT2D eigenvalue weighted by atomic mass is 10.1. The molecule has 0 saturated carbocycles. The minimum atomic E-state index is -0.0134. The quantitative estimate of drug-likeness (QED) is 0.725. The Bertz CT molecular complexity index is 866. The normalized spacial score (nSPS) is 10.2. The van der Waals surface area contributed by atoms with Crippen LogP contribution in [-0.4, -0.2) is 27.8 Å². The molecule has 0 radical (unpaired) electrons. The fourth-order valence-electron chi connectivity index (χ4n) is 2.16. The van der Waals surface area contributed by atoms with E-state index in [0.29, 0.717) is 17.3 Å². The Kier molecular flexibility index (Phi) is 4.47. The van der Waals surface area contributed by atoms with Crippen molar-refractivity contribution in [2.45, 2.75) is 6.92 Å². The monoisotopic (exact) mass is 320 g/mol. The van der Waals surface area contributed by atoms with Gasteiger partial charge in [-0.2, -0.15) is 15.0 Å². The van der Waals surface area contributed by atoms with Crippen LogP contribution in [0.1, 0.15) is 17.3 Å². The van der Waals surface area contributed by atoms with E-state index in [9.17, 15) is 4.79 Å². The Morgan fingerprint density at radius 2 is 1.79 bits per heavy atom. The summed E-state index contributed by atoms with van der Waals surface area (Å²) in [5.74, 6) is 0.792. The highest BCUT2D eigenvalue weighted by Gasteiger charge is 2.10. The SMILES string of the molecule is COc1nc(Nc2ccccc2)nc(-c2cccc(C(C)=O)c2)n1. The number of hydrogen-bond donors (Lipinski definition) is 1. The lowest BCUT2D eigenvalue weighted by Gasteiger charge is -2.08. The Hall–Kier alpha value is -3.28. The van der Waals surface area contributed by atoms with Gasteiger partial charge >= 0.3 is 6.01 Å². The zero-order chi connectivity index (χ0) is 16.9. The van der Waals surface area contributed by atoms with Crippen LogP contribution < -0.4 is 10.1 Å². The number of aromatic nitrogens is 3. The van der Waals surface area contributed by atoms with Crippen molar-refractivity contribution < 1.29 is 9.53 Å². The molecule has 6 heteroatoms. The molecule has 0 aliphatic rings. The molecule has 3 rings (SSSR count). The molecular formula is C18H16N4O2. The number of carbonyl (C=O) groups is 1. The van der Waals surface area contributed by atoms with E-state index in [2.05, 4.69) is 20.3 Å². The fraction of sp³-hybridized carbons (Fsp3) is 0.111. The number of benzene rings is 2. The Morgan fingerprint density at radius 1 is 1.00 bits per heavy atom. The molecule has 0 bridgehead atoms. The van der Waals surface area contributed by atoms with Crippen LogP contribution in [0.5, 0.6) is 6.01 Å². The standard InChI is InChI=1S/C18H16N4O2/c1-12(23)13-7-6-8-14(11-13)16-20-17(22-18(21-16)24-2)19-15-9-4-3-5-10-15/h3-11H,1-2H3,(H,19,20,21,22). The summed E-state index contributed by atoms with van der Waals surface area (Å²) in [5, 5.41) is 3.12. The molecular weight excluding hydrogens is 304 g/mol. The van der Waals surface area contributed by atoms with Crippen LogP contribution in [-0.2, 0) is 0 Å². The molecule has 1 heterocycles. The molecule has 1 N–H and O–H groups in total. The average molecular weight is 320 g/mol. The van der Waals surface area contributed by atoms with Gasteiger partial charge in [-0.3, -0.25) is 4.79 Å². The van der Waals surface area contributed by atoms with Crippen LogP contribution in [0.4, 0.5) is 11.6 Å². The van der Waals surface area contributed by atoms with Crippen molar-refractivity contribution in [3.63, 3.8) is 0 Å². The zero-order valence-electron chi connectivity index (χ0n) is 13.4. The van der Waals surface area contributed by atoms with Gasteiger partial charge in [0.05, 0.1) is 7.11 Å². The van der Waals surface area contributed by atoms with Gasteiger partial charge in [-0.15, -0.1) is 0 Å². The maximum atomic E-state index is 11.6. The number of ether oxygens (including phenoxy) is 1. The maximum absolute atomic E-state index is 11.6. The first-order chi connectivity index (χ1) is 11.7. The Labute approximate surface area is 139 Å². The summed E-state index contributed by atoms with van der Waals surface area (Å²) in [6, 6.07) is 16.9. The molecule has 0 unspecified atom stereocenters. The number of hydrogen-bond acceptors (Lipinski definition) is 6. The van der Waals surface area contributed by atoms with Crippen molar-refractivity contribution in [2.75, 3.05) is 12.4 Å². The second kappa shape index (κ2) is 6.87. The van der Waals surface area contributed by atoms with Gasteiger partial charge < -0.3 is 10.1 Å². The summed E-state index contributed by atoms with van der Waals surface area (Å²) in [6.07, 6.45) is 0. The third-order valence-corrected chi connectivity index (χ3v) is 3.35. The highest BCUT2D eigenvalue weighted by atomic mass is 16.5. The van der Waals surface area contributed by atoms with Crippen LogP contribution >= 0.6 is 0 Å². The molecule has 0 saturated heterocycles. The molecule has 3 aromatic rings. The first kappa shape index (κ1) is 15.6. The first-order valence-corrected chi connectivity index (χ1v) is 7.39. The smallest absolute Gasteiger partial charge is 0.321 e. The van der Waals surface area contributed by atoms with E-state index in [4.69, 9.17) is 4.74 Å². The van der Waals surface area contributed by atoms with Crippen molar-refractivity contribution >= 4 is 17.4 Å². The van der Waals surface area contributed by atoms with E-state index in [1.807, 2.05) is 36.4 Å². The van der Waals surface area contributed by atoms with Gasteiger partial charge in [0.25, 0.3) is 0 Å². The summed E-state index contributed by atoms with van der Waals surface area (Å²) in [5.41, 5.74) is 2.18. The second-order valence-electron chi connectivity index (χ2n) is 5.10. The summed E-state index contributed by atoms with van der Waals surface area (Å²) >= 11 is 0. The Morgan fingerprint density at radius 3 is 2.50 bits per heavy atom. The lowest BCUT2D eigenvalue weighted by molar-refractivity contribution is 0.101.